The first-order valence-electron chi connectivity index (χ1n) is 7.45. The molecule has 3 nitrogen and oxygen atoms in total. The third-order valence-electron chi connectivity index (χ3n) is 4.08. The lowest BCUT2D eigenvalue weighted by molar-refractivity contribution is 0.344. The fourth-order valence-corrected chi connectivity index (χ4v) is 2.91. The van der Waals surface area contributed by atoms with Crippen molar-refractivity contribution < 1.29 is 4.39 Å². The number of aromatic nitrogens is 2. The molecule has 1 atom stereocenters. The lowest BCUT2D eigenvalue weighted by Gasteiger charge is -2.35. The van der Waals surface area contributed by atoms with Crippen LogP contribution in [0.1, 0.15) is 44.5 Å². The molecule has 0 aliphatic heterocycles. The molecule has 1 heterocycles. The summed E-state index contributed by atoms with van der Waals surface area (Å²) in [6.07, 6.45) is 2.89. The van der Waals surface area contributed by atoms with Crippen LogP contribution in [-0.4, -0.2) is 16.8 Å². The number of halogens is 1. The highest BCUT2D eigenvalue weighted by Gasteiger charge is 2.33. The van der Waals surface area contributed by atoms with Crippen LogP contribution in [0.2, 0.25) is 0 Å². The van der Waals surface area contributed by atoms with E-state index in [4.69, 9.17) is 0 Å². The van der Waals surface area contributed by atoms with Crippen molar-refractivity contribution in [2.75, 3.05) is 7.05 Å². The molecule has 0 spiro atoms. The van der Waals surface area contributed by atoms with Gasteiger partial charge in [0.15, 0.2) is 0 Å². The van der Waals surface area contributed by atoms with Crippen molar-refractivity contribution in [2.45, 2.75) is 45.2 Å². The first-order chi connectivity index (χ1) is 10.0. The number of hydrogen-bond acceptors (Lipinski definition) is 2. The van der Waals surface area contributed by atoms with Crippen LogP contribution in [0.25, 0.3) is 0 Å². The number of rotatable bonds is 6. The summed E-state index contributed by atoms with van der Waals surface area (Å²) in [5.41, 5.74) is 2.09. The molecule has 2 rings (SSSR count). The van der Waals surface area contributed by atoms with Gasteiger partial charge in [0, 0.05) is 18.2 Å². The molecule has 4 heteroatoms. The van der Waals surface area contributed by atoms with Crippen molar-refractivity contribution in [3.63, 3.8) is 0 Å². The zero-order chi connectivity index (χ0) is 15.5. The number of nitrogens with zero attached hydrogens (tertiary/aromatic N) is 2. The molecule has 0 radical (unpaired) electrons. The summed E-state index contributed by atoms with van der Waals surface area (Å²) in [6.45, 7) is 7.39. The lowest BCUT2D eigenvalue weighted by Crippen LogP contribution is -2.37. The predicted molar refractivity (Wildman–Crippen MR) is 83.7 cm³/mol. The SMILES string of the molecule is CCCn1nccc1C(NC)C(C)(C)c1ccc(F)cc1. The molecule has 1 N–H and O–H groups in total. The van der Waals surface area contributed by atoms with Crippen molar-refractivity contribution in [1.82, 2.24) is 15.1 Å². The van der Waals surface area contributed by atoms with E-state index in [-0.39, 0.29) is 17.3 Å². The maximum Gasteiger partial charge on any atom is 0.123 e. The van der Waals surface area contributed by atoms with E-state index in [1.165, 1.54) is 12.1 Å². The molecule has 21 heavy (non-hydrogen) atoms. The minimum Gasteiger partial charge on any atom is -0.311 e. The topological polar surface area (TPSA) is 29.9 Å². The molecular weight excluding hydrogens is 265 g/mol. The molecule has 1 aromatic carbocycles. The molecule has 0 aliphatic rings. The van der Waals surface area contributed by atoms with Gasteiger partial charge in [0.25, 0.3) is 0 Å². The highest BCUT2D eigenvalue weighted by molar-refractivity contribution is 5.29. The molecule has 0 aliphatic carbocycles. The first-order valence-corrected chi connectivity index (χ1v) is 7.45. The summed E-state index contributed by atoms with van der Waals surface area (Å²) in [6, 6.07) is 8.93. The molecule has 0 saturated heterocycles. The molecule has 0 fully saturated rings. The quantitative estimate of drug-likeness (QED) is 0.879. The highest BCUT2D eigenvalue weighted by atomic mass is 19.1. The molecule has 1 aromatic heterocycles. The van der Waals surface area contributed by atoms with Crippen LogP contribution in [0.15, 0.2) is 36.5 Å². The molecule has 0 bridgehead atoms. The van der Waals surface area contributed by atoms with Gasteiger partial charge in [0.1, 0.15) is 5.82 Å². The normalized spacial score (nSPS) is 13.4. The van der Waals surface area contributed by atoms with E-state index in [1.54, 1.807) is 0 Å². The van der Waals surface area contributed by atoms with Crippen molar-refractivity contribution in [2.24, 2.45) is 0 Å². The van der Waals surface area contributed by atoms with Crippen molar-refractivity contribution in [3.8, 4) is 0 Å². The highest BCUT2D eigenvalue weighted by Crippen LogP contribution is 2.36. The Hall–Kier alpha value is -1.68. The molecular formula is C17H24FN3. The lowest BCUT2D eigenvalue weighted by atomic mass is 9.76. The van der Waals surface area contributed by atoms with Crippen LogP contribution in [0, 0.1) is 5.82 Å². The Kier molecular flexibility index (Phi) is 4.78. The Morgan fingerprint density at radius 2 is 1.90 bits per heavy atom. The minimum absolute atomic E-state index is 0.108. The van der Waals surface area contributed by atoms with E-state index >= 15 is 0 Å². The van der Waals surface area contributed by atoms with Crippen molar-refractivity contribution in [3.05, 3.63) is 53.6 Å². The van der Waals surface area contributed by atoms with Crippen LogP contribution in [0.4, 0.5) is 4.39 Å². The van der Waals surface area contributed by atoms with Crippen LogP contribution in [0.5, 0.6) is 0 Å². The number of likely N-dealkylation sites (N-methyl/N-ethyl adjacent to an activating group) is 1. The van der Waals surface area contributed by atoms with Crippen molar-refractivity contribution in [1.29, 1.82) is 0 Å². The average Bonchev–Trinajstić information content (AvgIpc) is 2.88. The molecule has 1 unspecified atom stereocenters. The Bertz CT molecular complexity index is 572. The predicted octanol–water partition coefficient (Wildman–Crippen LogP) is 3.67. The molecule has 0 saturated carbocycles. The van der Waals surface area contributed by atoms with Crippen LogP contribution in [-0.2, 0) is 12.0 Å². The van der Waals surface area contributed by atoms with Gasteiger partial charge in [-0.05, 0) is 37.2 Å². The van der Waals surface area contributed by atoms with Gasteiger partial charge in [-0.1, -0.05) is 32.9 Å². The molecule has 2 aromatic rings. The third kappa shape index (κ3) is 3.16. The number of aryl methyl sites for hydroxylation is 1. The van der Waals surface area contributed by atoms with E-state index < -0.39 is 0 Å². The number of hydrogen-bond donors (Lipinski definition) is 1. The van der Waals surface area contributed by atoms with Crippen LogP contribution < -0.4 is 5.32 Å². The van der Waals surface area contributed by atoms with E-state index in [0.717, 1.165) is 24.2 Å². The van der Waals surface area contributed by atoms with E-state index in [9.17, 15) is 4.39 Å². The van der Waals surface area contributed by atoms with E-state index in [1.807, 2.05) is 30.1 Å². The summed E-state index contributed by atoms with van der Waals surface area (Å²) in [7, 11) is 1.96. The zero-order valence-corrected chi connectivity index (χ0v) is 13.2. The number of benzene rings is 1. The van der Waals surface area contributed by atoms with Gasteiger partial charge >= 0.3 is 0 Å². The third-order valence-corrected chi connectivity index (χ3v) is 4.08. The fraction of sp³-hybridized carbons (Fsp3) is 0.471. The van der Waals surface area contributed by atoms with Gasteiger partial charge in [-0.2, -0.15) is 5.10 Å². The largest absolute Gasteiger partial charge is 0.311 e. The summed E-state index contributed by atoms with van der Waals surface area (Å²) in [4.78, 5) is 0. The zero-order valence-electron chi connectivity index (χ0n) is 13.2. The summed E-state index contributed by atoms with van der Waals surface area (Å²) < 4.78 is 15.2. The van der Waals surface area contributed by atoms with Crippen LogP contribution >= 0.6 is 0 Å². The standard InChI is InChI=1S/C17H24FN3/c1-5-12-21-15(10-11-20-21)16(19-4)17(2,3)13-6-8-14(18)9-7-13/h6-11,16,19H,5,12H2,1-4H3. The van der Waals surface area contributed by atoms with Gasteiger partial charge in [-0.25, -0.2) is 4.39 Å². The Labute approximate surface area is 126 Å². The smallest absolute Gasteiger partial charge is 0.123 e. The Morgan fingerprint density at radius 3 is 2.48 bits per heavy atom. The van der Waals surface area contributed by atoms with E-state index in [2.05, 4.69) is 37.3 Å². The van der Waals surface area contributed by atoms with E-state index in [0.29, 0.717) is 0 Å². The molecule has 0 amide bonds. The summed E-state index contributed by atoms with van der Waals surface area (Å²) >= 11 is 0. The Balaban J connectivity index is 2.39. The number of nitrogens with one attached hydrogen (secondary N) is 1. The van der Waals surface area contributed by atoms with Gasteiger partial charge in [-0.15, -0.1) is 0 Å². The monoisotopic (exact) mass is 289 g/mol. The first kappa shape index (κ1) is 15.7. The second-order valence-corrected chi connectivity index (χ2v) is 5.93. The summed E-state index contributed by atoms with van der Waals surface area (Å²) in [5, 5.41) is 7.81. The van der Waals surface area contributed by atoms with Crippen molar-refractivity contribution >= 4 is 0 Å². The van der Waals surface area contributed by atoms with Gasteiger partial charge in [0.05, 0.1) is 11.7 Å². The maximum atomic E-state index is 13.2. The minimum atomic E-state index is -0.202. The molecule has 114 valence electrons. The second-order valence-electron chi connectivity index (χ2n) is 5.93. The Morgan fingerprint density at radius 1 is 1.24 bits per heavy atom. The van der Waals surface area contributed by atoms with Gasteiger partial charge in [0.2, 0.25) is 0 Å². The maximum absolute atomic E-state index is 13.2. The van der Waals surface area contributed by atoms with Gasteiger partial charge < -0.3 is 5.32 Å². The average molecular weight is 289 g/mol. The fourth-order valence-electron chi connectivity index (χ4n) is 2.91. The second kappa shape index (κ2) is 6.39. The van der Waals surface area contributed by atoms with Crippen LogP contribution in [0.3, 0.4) is 0 Å². The van der Waals surface area contributed by atoms with Gasteiger partial charge in [-0.3, -0.25) is 4.68 Å². The summed E-state index contributed by atoms with van der Waals surface area (Å²) in [5.74, 6) is -0.202.